The summed E-state index contributed by atoms with van der Waals surface area (Å²) in [7, 11) is 1.80. The zero-order chi connectivity index (χ0) is 21.5. The molecule has 2 fully saturated rings. The van der Waals surface area contributed by atoms with Crippen molar-refractivity contribution in [3.63, 3.8) is 0 Å². The standard InChI is InChI=1S/C24H27N3O2/c1-28-20-6-7-23(14-22(20)8-9-22)12-17-5-4-16(18-3-2-10-26-13-18)11-19(17)24(23)15-29-21(25)27-24/h2-5,10-11,13,20H,6-9,12,14-15H2,1H3,(H2,25,27)/t20-,23+,24?/m0/s1/i15D2. The van der Waals surface area contributed by atoms with Crippen molar-refractivity contribution in [3.05, 3.63) is 53.9 Å². The molecule has 2 saturated carbocycles. The molecule has 2 N–H and O–H groups in total. The second-order valence-corrected chi connectivity index (χ2v) is 9.24. The number of hydrogen-bond donors (Lipinski definition) is 1. The Labute approximate surface area is 174 Å². The second kappa shape index (κ2) is 5.82. The highest BCUT2D eigenvalue weighted by atomic mass is 16.5. The Kier molecular flexibility index (Phi) is 3.10. The molecular weight excluding hydrogens is 362 g/mol. The van der Waals surface area contributed by atoms with E-state index in [1.165, 1.54) is 0 Å². The van der Waals surface area contributed by atoms with Crippen molar-refractivity contribution in [3.8, 4) is 11.1 Å². The van der Waals surface area contributed by atoms with Gasteiger partial charge in [0.25, 0.3) is 6.02 Å². The van der Waals surface area contributed by atoms with E-state index in [-0.39, 0.29) is 23.0 Å². The number of benzene rings is 1. The number of nitrogens with two attached hydrogens (primary N) is 1. The van der Waals surface area contributed by atoms with Crippen LogP contribution < -0.4 is 5.73 Å². The van der Waals surface area contributed by atoms with Crippen LogP contribution in [0, 0.1) is 10.8 Å². The van der Waals surface area contributed by atoms with Gasteiger partial charge in [-0.25, -0.2) is 4.99 Å². The Morgan fingerprint density at radius 2 is 2.14 bits per heavy atom. The molecule has 29 heavy (non-hydrogen) atoms. The van der Waals surface area contributed by atoms with Gasteiger partial charge in [0.15, 0.2) is 0 Å². The summed E-state index contributed by atoms with van der Waals surface area (Å²) in [6.07, 6.45) is 9.50. The lowest BCUT2D eigenvalue weighted by Gasteiger charge is -2.49. The number of aromatic nitrogens is 1. The van der Waals surface area contributed by atoms with Crippen LogP contribution in [-0.2, 0) is 21.4 Å². The van der Waals surface area contributed by atoms with Crippen molar-refractivity contribution in [1.82, 2.24) is 4.98 Å². The molecule has 5 nitrogen and oxygen atoms in total. The normalized spacial score (nSPS) is 36.4. The molecule has 1 aromatic carbocycles. The lowest BCUT2D eigenvalue weighted by atomic mass is 9.58. The van der Waals surface area contributed by atoms with Crippen LogP contribution in [0.2, 0.25) is 0 Å². The van der Waals surface area contributed by atoms with E-state index >= 15 is 0 Å². The smallest absolute Gasteiger partial charge is 0.283 e. The second-order valence-electron chi connectivity index (χ2n) is 9.24. The fourth-order valence-electron chi connectivity index (χ4n) is 6.31. The molecule has 5 heteroatoms. The molecule has 1 unspecified atom stereocenters. The SMILES string of the molecule is [2H]C1([2H])OC(N)=NC12c1cc(-c3cccnc3)ccc1C[C@@]21CC[C@H](OC)C2(CC2)C1. The van der Waals surface area contributed by atoms with Gasteiger partial charge in [0.05, 0.1) is 8.85 Å². The minimum Gasteiger partial charge on any atom is -0.462 e. The van der Waals surface area contributed by atoms with E-state index in [4.69, 9.17) is 22.9 Å². The Morgan fingerprint density at radius 1 is 1.24 bits per heavy atom. The quantitative estimate of drug-likeness (QED) is 0.845. The molecule has 3 atom stereocenters. The van der Waals surface area contributed by atoms with E-state index in [1.54, 1.807) is 13.3 Å². The number of hydrogen-bond acceptors (Lipinski definition) is 5. The van der Waals surface area contributed by atoms with Crippen LogP contribution in [0.1, 0.15) is 46.0 Å². The highest BCUT2D eigenvalue weighted by molar-refractivity contribution is 5.76. The Balaban J connectivity index is 1.55. The lowest BCUT2D eigenvalue weighted by molar-refractivity contribution is -0.0621. The molecule has 0 amide bonds. The minimum absolute atomic E-state index is 0.0530. The van der Waals surface area contributed by atoms with Gasteiger partial charge in [0.1, 0.15) is 12.1 Å². The maximum atomic E-state index is 8.98. The minimum atomic E-state index is -2.01. The Morgan fingerprint density at radius 3 is 2.83 bits per heavy atom. The summed E-state index contributed by atoms with van der Waals surface area (Å²) in [5.74, 6) is 0. The first kappa shape index (κ1) is 15.4. The molecule has 1 aliphatic heterocycles. The highest BCUT2D eigenvalue weighted by Crippen LogP contribution is 2.70. The van der Waals surface area contributed by atoms with Crippen LogP contribution in [0.15, 0.2) is 47.7 Å². The van der Waals surface area contributed by atoms with Gasteiger partial charge in [0.2, 0.25) is 0 Å². The third-order valence-corrected chi connectivity index (χ3v) is 7.81. The molecule has 6 rings (SSSR count). The molecule has 0 radical (unpaired) electrons. The van der Waals surface area contributed by atoms with Crippen molar-refractivity contribution >= 4 is 6.02 Å². The number of pyridine rings is 1. The molecule has 1 aromatic heterocycles. The van der Waals surface area contributed by atoms with E-state index in [1.807, 2.05) is 18.3 Å². The predicted octanol–water partition coefficient (Wildman–Crippen LogP) is 3.81. The number of rotatable bonds is 2. The van der Waals surface area contributed by atoms with Crippen molar-refractivity contribution in [1.29, 1.82) is 0 Å². The predicted molar refractivity (Wildman–Crippen MR) is 111 cm³/mol. The van der Waals surface area contributed by atoms with E-state index in [9.17, 15) is 0 Å². The Bertz CT molecular complexity index is 1090. The fourth-order valence-corrected chi connectivity index (χ4v) is 6.31. The number of aliphatic imine (C=N–C) groups is 1. The van der Waals surface area contributed by atoms with Crippen LogP contribution in [0.4, 0.5) is 0 Å². The van der Waals surface area contributed by atoms with Gasteiger partial charge in [-0.2, -0.15) is 0 Å². The van der Waals surface area contributed by atoms with Gasteiger partial charge in [-0.1, -0.05) is 18.2 Å². The molecule has 2 heterocycles. The summed E-state index contributed by atoms with van der Waals surface area (Å²) >= 11 is 0. The third-order valence-electron chi connectivity index (χ3n) is 7.81. The topological polar surface area (TPSA) is 69.7 Å². The molecule has 4 aliphatic rings. The van der Waals surface area contributed by atoms with Crippen molar-refractivity contribution < 1.29 is 12.2 Å². The molecule has 0 bridgehead atoms. The summed E-state index contributed by atoms with van der Waals surface area (Å²) in [5.41, 5.74) is 8.71. The van der Waals surface area contributed by atoms with Crippen LogP contribution >= 0.6 is 0 Å². The third kappa shape index (κ3) is 2.31. The average molecular weight is 392 g/mol. The monoisotopic (exact) mass is 391 g/mol. The van der Waals surface area contributed by atoms with Crippen LogP contribution in [-0.4, -0.2) is 30.8 Å². The summed E-state index contributed by atoms with van der Waals surface area (Å²) in [4.78, 5) is 9.06. The van der Waals surface area contributed by atoms with Crippen molar-refractivity contribution in [2.24, 2.45) is 21.6 Å². The molecule has 0 saturated heterocycles. The van der Waals surface area contributed by atoms with Crippen LogP contribution in [0.25, 0.3) is 11.1 Å². The molecule has 3 aliphatic carbocycles. The van der Waals surface area contributed by atoms with Gasteiger partial charge in [0, 0.05) is 24.9 Å². The van der Waals surface area contributed by atoms with Gasteiger partial charge >= 0.3 is 0 Å². The van der Waals surface area contributed by atoms with Gasteiger partial charge < -0.3 is 15.2 Å². The van der Waals surface area contributed by atoms with Gasteiger partial charge in [-0.15, -0.1) is 0 Å². The van der Waals surface area contributed by atoms with E-state index in [0.717, 1.165) is 60.8 Å². The zero-order valence-corrected chi connectivity index (χ0v) is 16.6. The van der Waals surface area contributed by atoms with Crippen molar-refractivity contribution in [2.75, 3.05) is 13.7 Å². The zero-order valence-electron chi connectivity index (χ0n) is 18.6. The molecule has 2 aromatic rings. The largest absolute Gasteiger partial charge is 0.462 e. The number of methoxy groups -OCH3 is 1. The van der Waals surface area contributed by atoms with Gasteiger partial charge in [-0.05, 0) is 78.3 Å². The van der Waals surface area contributed by atoms with Gasteiger partial charge in [-0.3, -0.25) is 4.98 Å². The van der Waals surface area contributed by atoms with Crippen molar-refractivity contribution in [2.45, 2.75) is 50.2 Å². The first-order valence-electron chi connectivity index (χ1n) is 11.5. The Hall–Kier alpha value is -2.40. The number of nitrogens with zero attached hydrogens (tertiary/aromatic N) is 2. The first-order valence-corrected chi connectivity index (χ1v) is 10.5. The van der Waals surface area contributed by atoms with E-state index in [2.05, 4.69) is 23.2 Å². The maximum absolute atomic E-state index is 8.98. The molecule has 150 valence electrons. The number of fused-ring (bicyclic) bond motifs is 3. The van der Waals surface area contributed by atoms with Crippen LogP contribution in [0.3, 0.4) is 0 Å². The summed E-state index contributed by atoms with van der Waals surface area (Å²) in [6, 6.07) is 10.2. The summed E-state index contributed by atoms with van der Waals surface area (Å²) < 4.78 is 29.4. The number of ether oxygens (including phenoxy) is 2. The van der Waals surface area contributed by atoms with E-state index in [0.29, 0.717) is 0 Å². The fraction of sp³-hybridized carbons (Fsp3) is 0.500. The first-order chi connectivity index (χ1) is 14.8. The average Bonchev–Trinajstić information content (AvgIpc) is 3.38. The summed E-state index contributed by atoms with van der Waals surface area (Å²) in [6.45, 7) is -2.01. The summed E-state index contributed by atoms with van der Waals surface area (Å²) in [5, 5.41) is 0. The number of amidine groups is 1. The van der Waals surface area contributed by atoms with E-state index < -0.39 is 12.1 Å². The highest BCUT2D eigenvalue weighted by Gasteiger charge is 2.67. The molecule has 3 spiro atoms. The molecular formula is C24H27N3O2. The van der Waals surface area contributed by atoms with Crippen LogP contribution in [0.5, 0.6) is 0 Å². The maximum Gasteiger partial charge on any atom is 0.283 e. The lowest BCUT2D eigenvalue weighted by Crippen LogP contribution is -2.50.